The lowest BCUT2D eigenvalue weighted by Crippen LogP contribution is -2.43. The Hall–Kier alpha value is -2.32. The molecule has 0 atom stereocenters. The summed E-state index contributed by atoms with van der Waals surface area (Å²) in [5, 5.41) is 0. The van der Waals surface area contributed by atoms with Gasteiger partial charge in [0.25, 0.3) is 11.8 Å². The number of hydrogen-bond acceptors (Lipinski definition) is 5. The van der Waals surface area contributed by atoms with Crippen LogP contribution in [0.25, 0.3) is 0 Å². The monoisotopic (exact) mass is 422 g/mol. The summed E-state index contributed by atoms with van der Waals surface area (Å²) in [5.74, 6) is -1.50. The number of nitrogens with one attached hydrogen (secondary N) is 2. The van der Waals surface area contributed by atoms with E-state index < -0.39 is 24.4 Å². The Labute approximate surface area is 157 Å². The van der Waals surface area contributed by atoms with Gasteiger partial charge in [-0.3, -0.25) is 25.2 Å². The van der Waals surface area contributed by atoms with Crippen LogP contribution in [0.3, 0.4) is 0 Å². The van der Waals surface area contributed by atoms with E-state index in [0.29, 0.717) is 5.56 Å². The summed E-state index contributed by atoms with van der Waals surface area (Å²) in [6.45, 7) is -0.463. The molecule has 2 aromatic rings. The first-order valence-corrected chi connectivity index (χ1v) is 9.00. The van der Waals surface area contributed by atoms with E-state index in [1.54, 1.807) is 24.3 Å². The molecule has 2 amide bonds. The molecule has 0 heterocycles. The van der Waals surface area contributed by atoms with Crippen molar-refractivity contribution in [3.8, 4) is 0 Å². The van der Waals surface area contributed by atoms with Crippen LogP contribution in [0, 0.1) is 0 Å². The molecule has 0 saturated heterocycles. The molecule has 25 heavy (non-hydrogen) atoms. The van der Waals surface area contributed by atoms with Crippen LogP contribution in [0.2, 0.25) is 0 Å². The lowest BCUT2D eigenvalue weighted by molar-refractivity contribution is -0.146. The molecule has 0 radical (unpaired) electrons. The molecule has 0 aliphatic carbocycles. The molecule has 0 bridgehead atoms. The van der Waals surface area contributed by atoms with Gasteiger partial charge in [0.1, 0.15) is 0 Å². The third-order valence-corrected chi connectivity index (χ3v) is 4.40. The zero-order valence-corrected chi connectivity index (χ0v) is 15.4. The van der Waals surface area contributed by atoms with Crippen molar-refractivity contribution in [2.24, 2.45) is 0 Å². The first-order chi connectivity index (χ1) is 12.0. The molecule has 0 saturated carbocycles. The van der Waals surface area contributed by atoms with Crippen LogP contribution in [0.5, 0.6) is 0 Å². The molecular weight excluding hydrogens is 408 g/mol. The van der Waals surface area contributed by atoms with E-state index in [-0.39, 0.29) is 5.75 Å². The third kappa shape index (κ3) is 6.98. The minimum absolute atomic E-state index is 0.0997. The van der Waals surface area contributed by atoms with E-state index in [2.05, 4.69) is 26.8 Å². The quantitative estimate of drug-likeness (QED) is 0.424. The standard InChI is InChI=1S/C17H15BrN2O4S/c18-13-8-6-12(7-9-13)17(23)20-19-15(21)10-24-16(22)11-25-14-4-2-1-3-5-14/h1-9H,10-11H2,(H,19,21)(H,20,23). The van der Waals surface area contributed by atoms with E-state index in [4.69, 9.17) is 4.74 Å². The molecule has 0 aliphatic rings. The van der Waals surface area contributed by atoms with E-state index in [1.807, 2.05) is 30.3 Å². The normalized spacial score (nSPS) is 9.96. The van der Waals surface area contributed by atoms with Gasteiger partial charge >= 0.3 is 5.97 Å². The lowest BCUT2D eigenvalue weighted by atomic mass is 10.2. The summed E-state index contributed by atoms with van der Waals surface area (Å²) >= 11 is 4.58. The molecule has 0 fully saturated rings. The van der Waals surface area contributed by atoms with Crippen molar-refractivity contribution in [1.82, 2.24) is 10.9 Å². The SMILES string of the molecule is O=C(COC(=O)CSc1ccccc1)NNC(=O)c1ccc(Br)cc1. The second-order valence-electron chi connectivity index (χ2n) is 4.77. The van der Waals surface area contributed by atoms with Crippen LogP contribution < -0.4 is 10.9 Å². The van der Waals surface area contributed by atoms with Gasteiger partial charge < -0.3 is 4.74 Å². The van der Waals surface area contributed by atoms with E-state index in [1.165, 1.54) is 11.8 Å². The maximum absolute atomic E-state index is 11.8. The fraction of sp³-hybridized carbons (Fsp3) is 0.118. The van der Waals surface area contributed by atoms with Crippen molar-refractivity contribution in [2.45, 2.75) is 4.90 Å². The second-order valence-corrected chi connectivity index (χ2v) is 6.74. The zero-order valence-electron chi connectivity index (χ0n) is 13.0. The number of ether oxygens (including phenoxy) is 1. The van der Waals surface area contributed by atoms with Crippen molar-refractivity contribution in [3.05, 3.63) is 64.6 Å². The van der Waals surface area contributed by atoms with Crippen LogP contribution in [-0.2, 0) is 14.3 Å². The Balaban J connectivity index is 1.65. The summed E-state index contributed by atoms with van der Waals surface area (Å²) in [6, 6.07) is 16.0. The lowest BCUT2D eigenvalue weighted by Gasteiger charge is -2.08. The molecule has 2 aromatic carbocycles. The molecule has 0 aromatic heterocycles. The number of hydrazine groups is 1. The summed E-state index contributed by atoms with van der Waals surface area (Å²) < 4.78 is 5.69. The van der Waals surface area contributed by atoms with Gasteiger partial charge in [-0.1, -0.05) is 34.1 Å². The minimum Gasteiger partial charge on any atom is -0.455 e. The van der Waals surface area contributed by atoms with Gasteiger partial charge in [0, 0.05) is 14.9 Å². The van der Waals surface area contributed by atoms with Crippen molar-refractivity contribution >= 4 is 45.5 Å². The maximum Gasteiger partial charge on any atom is 0.316 e. The van der Waals surface area contributed by atoms with Gasteiger partial charge in [-0.25, -0.2) is 0 Å². The van der Waals surface area contributed by atoms with Crippen molar-refractivity contribution in [1.29, 1.82) is 0 Å². The van der Waals surface area contributed by atoms with E-state index >= 15 is 0 Å². The van der Waals surface area contributed by atoms with Crippen LogP contribution in [0.15, 0.2) is 64.0 Å². The Kier molecular flexibility index (Phi) is 7.49. The number of hydrogen-bond donors (Lipinski definition) is 2. The predicted octanol–water partition coefficient (Wildman–Crippen LogP) is 2.55. The number of benzene rings is 2. The highest BCUT2D eigenvalue weighted by Gasteiger charge is 2.10. The van der Waals surface area contributed by atoms with Gasteiger partial charge in [0.15, 0.2) is 6.61 Å². The number of rotatable bonds is 6. The van der Waals surface area contributed by atoms with Gasteiger partial charge in [0.2, 0.25) is 0 Å². The highest BCUT2D eigenvalue weighted by molar-refractivity contribution is 9.10. The fourth-order valence-corrected chi connectivity index (χ4v) is 2.66. The fourth-order valence-electron chi connectivity index (χ4n) is 1.68. The number of carbonyl (C=O) groups excluding carboxylic acids is 3. The number of halogens is 1. The Morgan fingerprint density at radius 3 is 2.32 bits per heavy atom. The van der Waals surface area contributed by atoms with Crippen LogP contribution in [-0.4, -0.2) is 30.1 Å². The van der Waals surface area contributed by atoms with Gasteiger partial charge in [-0.2, -0.15) is 0 Å². The number of amides is 2. The summed E-state index contributed by atoms with van der Waals surface area (Å²) in [4.78, 5) is 35.9. The number of carbonyl (C=O) groups is 3. The van der Waals surface area contributed by atoms with Crippen LogP contribution in [0.4, 0.5) is 0 Å². The average Bonchev–Trinajstić information content (AvgIpc) is 2.64. The molecule has 2 rings (SSSR count). The minimum atomic E-state index is -0.622. The predicted molar refractivity (Wildman–Crippen MR) is 97.9 cm³/mol. The highest BCUT2D eigenvalue weighted by Crippen LogP contribution is 2.16. The molecule has 0 spiro atoms. The van der Waals surface area contributed by atoms with E-state index in [0.717, 1.165) is 9.37 Å². The maximum atomic E-state index is 11.8. The van der Waals surface area contributed by atoms with Gasteiger partial charge in [-0.15, -0.1) is 11.8 Å². The molecule has 130 valence electrons. The second kappa shape index (κ2) is 9.85. The van der Waals surface area contributed by atoms with Crippen LogP contribution in [0.1, 0.15) is 10.4 Å². The van der Waals surface area contributed by atoms with Crippen LogP contribution >= 0.6 is 27.7 Å². The van der Waals surface area contributed by atoms with Crippen molar-refractivity contribution in [3.63, 3.8) is 0 Å². The van der Waals surface area contributed by atoms with Gasteiger partial charge in [0.05, 0.1) is 5.75 Å². The highest BCUT2D eigenvalue weighted by atomic mass is 79.9. The number of thioether (sulfide) groups is 1. The first-order valence-electron chi connectivity index (χ1n) is 7.23. The number of esters is 1. The molecule has 0 aliphatic heterocycles. The average molecular weight is 423 g/mol. The largest absolute Gasteiger partial charge is 0.455 e. The van der Waals surface area contributed by atoms with Crippen molar-refractivity contribution < 1.29 is 19.1 Å². The van der Waals surface area contributed by atoms with Crippen molar-refractivity contribution in [2.75, 3.05) is 12.4 Å². The third-order valence-electron chi connectivity index (χ3n) is 2.89. The summed E-state index contributed by atoms with van der Waals surface area (Å²) in [7, 11) is 0. The van der Waals surface area contributed by atoms with E-state index in [9.17, 15) is 14.4 Å². The Bertz CT molecular complexity index is 738. The first kappa shape index (κ1) is 19.0. The molecule has 6 nitrogen and oxygen atoms in total. The molecule has 2 N–H and O–H groups in total. The molecule has 0 unspecified atom stereocenters. The topological polar surface area (TPSA) is 84.5 Å². The summed E-state index contributed by atoms with van der Waals surface area (Å²) in [5.41, 5.74) is 4.83. The smallest absolute Gasteiger partial charge is 0.316 e. The molecule has 8 heteroatoms. The van der Waals surface area contributed by atoms with Gasteiger partial charge in [-0.05, 0) is 36.4 Å². The summed E-state index contributed by atoms with van der Waals surface area (Å²) in [6.07, 6.45) is 0. The zero-order chi connectivity index (χ0) is 18.1. The Morgan fingerprint density at radius 1 is 0.960 bits per heavy atom. The Morgan fingerprint density at radius 2 is 1.64 bits per heavy atom. The molecular formula is C17H15BrN2O4S.